The highest BCUT2D eigenvalue weighted by atomic mass is 19.1. The third-order valence-corrected chi connectivity index (χ3v) is 3.70. The number of benzene rings is 2. The van der Waals surface area contributed by atoms with E-state index in [1.165, 1.54) is 10.7 Å². The van der Waals surface area contributed by atoms with Crippen molar-refractivity contribution < 1.29 is 14.0 Å². The van der Waals surface area contributed by atoms with Gasteiger partial charge in [-0.2, -0.15) is 0 Å². The Bertz CT molecular complexity index is 971. The lowest BCUT2D eigenvalue weighted by Crippen LogP contribution is -2.19. The van der Waals surface area contributed by atoms with Gasteiger partial charge in [-0.3, -0.25) is 4.79 Å². The molecular weight excluding hydrogens is 351 g/mol. The van der Waals surface area contributed by atoms with Crippen LogP contribution in [0.2, 0.25) is 0 Å². The van der Waals surface area contributed by atoms with Crippen molar-refractivity contribution in [1.29, 1.82) is 0 Å². The van der Waals surface area contributed by atoms with Gasteiger partial charge in [0.1, 0.15) is 5.82 Å². The van der Waals surface area contributed by atoms with Crippen LogP contribution < -0.4 is 5.32 Å². The topological polar surface area (TPSA) is 94.3 Å². The molecule has 0 unspecified atom stereocenters. The van der Waals surface area contributed by atoms with Crippen LogP contribution in [0.15, 0.2) is 53.7 Å². The molecule has 8 nitrogen and oxygen atoms in total. The van der Waals surface area contributed by atoms with Crippen molar-refractivity contribution in [3.05, 3.63) is 71.3 Å². The number of aryl methyl sites for hydroxylation is 2. The van der Waals surface area contributed by atoms with E-state index in [1.807, 2.05) is 30.3 Å². The molecule has 0 spiro atoms. The average molecular weight is 368 g/mol. The van der Waals surface area contributed by atoms with E-state index >= 15 is 0 Å². The molecular formula is C18H17FN6O2. The Morgan fingerprint density at radius 2 is 2.00 bits per heavy atom. The maximum absolute atomic E-state index is 14.0. The fraction of sp³-hybridized carbons (Fsp3) is 0.167. The van der Waals surface area contributed by atoms with Gasteiger partial charge < -0.3 is 10.2 Å². The van der Waals surface area contributed by atoms with E-state index in [9.17, 15) is 9.18 Å². The molecule has 138 valence electrons. The van der Waals surface area contributed by atoms with E-state index in [2.05, 4.69) is 26.0 Å². The lowest BCUT2D eigenvalue weighted by Gasteiger charge is -2.08. The normalized spacial score (nSPS) is 11.3. The number of amides is 1. The highest BCUT2D eigenvalue weighted by Crippen LogP contribution is 2.17. The Morgan fingerprint density at radius 3 is 2.70 bits per heavy atom. The van der Waals surface area contributed by atoms with Crippen LogP contribution in [0.5, 0.6) is 0 Å². The first kappa shape index (κ1) is 18.2. The molecule has 1 N–H and O–H groups in total. The van der Waals surface area contributed by atoms with E-state index in [1.54, 1.807) is 26.1 Å². The van der Waals surface area contributed by atoms with Crippen LogP contribution in [0.1, 0.15) is 17.0 Å². The molecule has 27 heavy (non-hydrogen) atoms. The summed E-state index contributed by atoms with van der Waals surface area (Å²) < 4.78 is 15.4. The number of tetrazole rings is 1. The summed E-state index contributed by atoms with van der Waals surface area (Å²) in [6.45, 7) is 1.22. The molecule has 0 aliphatic carbocycles. The largest absolute Gasteiger partial charge is 0.385 e. The number of hydrogen-bond acceptors (Lipinski definition) is 6. The van der Waals surface area contributed by atoms with Gasteiger partial charge in [-0.15, -0.1) is 5.10 Å². The zero-order valence-corrected chi connectivity index (χ0v) is 14.8. The van der Waals surface area contributed by atoms with Crippen LogP contribution >= 0.6 is 0 Å². The number of nitrogens with one attached hydrogen (secondary N) is 1. The Labute approximate surface area is 154 Å². The molecule has 3 rings (SSSR count). The molecule has 2 aromatic carbocycles. The number of nitrogens with zero attached hydrogens (tertiary/aromatic N) is 5. The van der Waals surface area contributed by atoms with Crippen LogP contribution in [-0.2, 0) is 16.7 Å². The summed E-state index contributed by atoms with van der Waals surface area (Å²) in [5.41, 5.74) is 1.62. The number of carbonyl (C=O) groups is 1. The molecule has 3 aromatic rings. The molecule has 0 fully saturated rings. The molecule has 0 atom stereocenters. The second-order valence-corrected chi connectivity index (χ2v) is 5.69. The first-order valence-corrected chi connectivity index (χ1v) is 8.09. The zero-order chi connectivity index (χ0) is 19.2. The summed E-state index contributed by atoms with van der Waals surface area (Å²) in [7, 11) is 1.67. The minimum Gasteiger partial charge on any atom is -0.385 e. The maximum atomic E-state index is 14.0. The second kappa shape index (κ2) is 8.17. The van der Waals surface area contributed by atoms with Crippen molar-refractivity contribution in [3.8, 4) is 0 Å². The van der Waals surface area contributed by atoms with E-state index in [4.69, 9.17) is 4.84 Å². The monoisotopic (exact) mass is 368 g/mol. The molecule has 0 aliphatic rings. The predicted octanol–water partition coefficient (Wildman–Crippen LogP) is 2.07. The summed E-state index contributed by atoms with van der Waals surface area (Å²) in [5, 5.41) is 17.8. The summed E-state index contributed by atoms with van der Waals surface area (Å²) in [4.78, 5) is 17.2. The third kappa shape index (κ3) is 4.32. The van der Waals surface area contributed by atoms with E-state index < -0.39 is 18.3 Å². The number of halogens is 1. The fourth-order valence-corrected chi connectivity index (χ4v) is 2.33. The molecule has 1 amide bonds. The molecule has 0 bridgehead atoms. The first-order valence-electron chi connectivity index (χ1n) is 8.09. The number of oxime groups is 1. The number of aromatic nitrogens is 4. The lowest BCUT2D eigenvalue weighted by atomic mass is 10.1. The predicted molar refractivity (Wildman–Crippen MR) is 96.6 cm³/mol. The molecule has 1 heterocycles. The molecule has 0 saturated heterocycles. The van der Waals surface area contributed by atoms with Crippen LogP contribution in [0.4, 0.5) is 10.1 Å². The first-order chi connectivity index (χ1) is 13.1. The average Bonchev–Trinajstić information content (AvgIpc) is 3.09. The lowest BCUT2D eigenvalue weighted by molar-refractivity contribution is -0.120. The number of hydrogen-bond donors (Lipinski definition) is 1. The number of rotatable bonds is 6. The highest BCUT2D eigenvalue weighted by Gasteiger charge is 2.15. The van der Waals surface area contributed by atoms with E-state index in [-0.39, 0.29) is 5.69 Å². The smallest absolute Gasteiger partial charge is 0.265 e. The van der Waals surface area contributed by atoms with Crippen molar-refractivity contribution in [2.24, 2.45) is 12.2 Å². The van der Waals surface area contributed by atoms with Crippen LogP contribution in [-0.4, -0.2) is 38.4 Å². The molecule has 0 aliphatic heterocycles. The van der Waals surface area contributed by atoms with Gasteiger partial charge in [-0.1, -0.05) is 47.6 Å². The molecule has 1 aromatic heterocycles. The van der Waals surface area contributed by atoms with Gasteiger partial charge in [-0.05, 0) is 29.0 Å². The van der Waals surface area contributed by atoms with Crippen LogP contribution in [0.25, 0.3) is 0 Å². The minimum atomic E-state index is -0.535. The molecule has 9 heteroatoms. The van der Waals surface area contributed by atoms with Crippen molar-refractivity contribution in [1.82, 2.24) is 20.2 Å². The van der Waals surface area contributed by atoms with Crippen molar-refractivity contribution in [3.63, 3.8) is 0 Å². The summed E-state index contributed by atoms with van der Waals surface area (Å²) in [6.07, 6.45) is 0. The summed E-state index contributed by atoms with van der Waals surface area (Å²) in [5.74, 6) is -0.637. The Morgan fingerprint density at radius 1 is 1.22 bits per heavy atom. The fourth-order valence-electron chi connectivity index (χ4n) is 2.33. The summed E-state index contributed by atoms with van der Waals surface area (Å²) in [6, 6.07) is 13.9. The SMILES string of the molecule is Cc1cccc(NC(=O)CO/N=C(/c2ccccc2)c2nnnn2C)c1F. The van der Waals surface area contributed by atoms with E-state index in [0.29, 0.717) is 17.1 Å². The quantitative estimate of drug-likeness (QED) is 0.531. The molecule has 0 saturated carbocycles. The van der Waals surface area contributed by atoms with Crippen molar-refractivity contribution >= 4 is 17.3 Å². The van der Waals surface area contributed by atoms with Gasteiger partial charge in [0.15, 0.2) is 12.3 Å². The van der Waals surface area contributed by atoms with Crippen molar-refractivity contribution in [2.75, 3.05) is 11.9 Å². The Hall–Kier alpha value is -3.62. The van der Waals surface area contributed by atoms with Gasteiger partial charge >= 0.3 is 0 Å². The van der Waals surface area contributed by atoms with Gasteiger partial charge in [0.05, 0.1) is 5.69 Å². The van der Waals surface area contributed by atoms with Gasteiger partial charge in [0.2, 0.25) is 5.82 Å². The second-order valence-electron chi connectivity index (χ2n) is 5.69. The highest BCUT2D eigenvalue weighted by molar-refractivity contribution is 6.10. The van der Waals surface area contributed by atoms with Gasteiger partial charge in [0.25, 0.3) is 5.91 Å². The summed E-state index contributed by atoms with van der Waals surface area (Å²) >= 11 is 0. The van der Waals surface area contributed by atoms with Gasteiger partial charge in [-0.25, -0.2) is 9.07 Å². The van der Waals surface area contributed by atoms with Gasteiger partial charge in [0, 0.05) is 12.6 Å². The standard InChI is InChI=1S/C18H17FN6O2/c1-12-7-6-10-14(16(12)19)20-15(26)11-27-22-17(13-8-4-3-5-9-13)18-21-23-24-25(18)2/h3-10H,11H2,1-2H3,(H,20,26)/b22-17-. The third-order valence-electron chi connectivity index (χ3n) is 3.70. The Balaban J connectivity index is 1.73. The Kier molecular flexibility index (Phi) is 5.50. The van der Waals surface area contributed by atoms with Crippen LogP contribution in [0.3, 0.4) is 0 Å². The number of carbonyl (C=O) groups excluding carboxylic acids is 1. The van der Waals surface area contributed by atoms with Crippen molar-refractivity contribution in [2.45, 2.75) is 6.92 Å². The van der Waals surface area contributed by atoms with Crippen LogP contribution in [0, 0.1) is 12.7 Å². The minimum absolute atomic E-state index is 0.0911. The molecule has 0 radical (unpaired) electrons. The maximum Gasteiger partial charge on any atom is 0.265 e. The zero-order valence-electron chi connectivity index (χ0n) is 14.8. The number of anilines is 1. The van der Waals surface area contributed by atoms with E-state index in [0.717, 1.165) is 5.56 Å².